The van der Waals surface area contributed by atoms with Crippen LogP contribution >= 0.6 is 0 Å². The van der Waals surface area contributed by atoms with Crippen LogP contribution in [0, 0.1) is 0 Å². The topological polar surface area (TPSA) is 120 Å². The molecule has 2 aliphatic heterocycles. The number of hydrogen-bond acceptors (Lipinski definition) is 7. The number of hydrogen-bond donors (Lipinski definition) is 2. The Kier molecular flexibility index (Phi) is 13.5. The Labute approximate surface area is 198 Å². The number of rotatable bonds is 5. The van der Waals surface area contributed by atoms with E-state index in [1.807, 2.05) is 4.90 Å². The summed E-state index contributed by atoms with van der Waals surface area (Å²) in [5.41, 5.74) is 0.123. The first-order valence-electron chi connectivity index (χ1n) is 10.3. The van der Waals surface area contributed by atoms with E-state index in [-0.39, 0.29) is 18.1 Å². The Hall–Kier alpha value is -2.17. The molecule has 0 aromatic carbocycles. The number of morpholine rings is 1. The summed E-state index contributed by atoms with van der Waals surface area (Å²) in [7, 11) is 5.79. The van der Waals surface area contributed by atoms with Gasteiger partial charge in [0.05, 0.1) is 13.2 Å². The molecule has 2 fully saturated rings. The lowest BCUT2D eigenvalue weighted by molar-refractivity contribution is -0.193. The van der Waals surface area contributed by atoms with Crippen LogP contribution in [0.1, 0.15) is 12.8 Å². The van der Waals surface area contributed by atoms with Crippen molar-refractivity contribution in [2.45, 2.75) is 30.7 Å². The van der Waals surface area contributed by atoms with Crippen molar-refractivity contribution in [2.75, 3.05) is 73.7 Å². The number of ether oxygens (including phenoxy) is 2. The fraction of sp³-hybridized carbons (Fsp3) is 0.842. The van der Waals surface area contributed by atoms with Crippen LogP contribution < -0.4 is 0 Å². The van der Waals surface area contributed by atoms with Crippen molar-refractivity contribution in [1.82, 2.24) is 14.7 Å². The fourth-order valence-electron chi connectivity index (χ4n) is 3.28. The number of nitrogens with zero attached hydrogens (tertiary/aromatic N) is 3. The number of methoxy groups -OCH3 is 1. The molecule has 0 unspecified atom stereocenters. The second-order valence-electron chi connectivity index (χ2n) is 7.99. The van der Waals surface area contributed by atoms with E-state index in [1.165, 1.54) is 0 Å². The van der Waals surface area contributed by atoms with E-state index in [1.54, 1.807) is 7.11 Å². The highest BCUT2D eigenvalue weighted by Gasteiger charge is 2.42. The monoisotopic (exact) mass is 527 g/mol. The number of carboxylic acid groups (broad SMARTS) is 2. The molecule has 2 N–H and O–H groups in total. The Morgan fingerprint density at radius 1 is 0.971 bits per heavy atom. The van der Waals surface area contributed by atoms with E-state index >= 15 is 0 Å². The second-order valence-corrected chi connectivity index (χ2v) is 7.99. The maximum absolute atomic E-state index is 11.9. The molecule has 10 nitrogen and oxygen atoms in total. The molecule has 1 spiro atoms. The van der Waals surface area contributed by atoms with E-state index < -0.39 is 24.3 Å². The zero-order chi connectivity index (χ0) is 27.4. The molecule has 0 aromatic rings. The number of aliphatic carboxylic acids is 2. The van der Waals surface area contributed by atoms with Gasteiger partial charge >= 0.3 is 24.3 Å². The van der Waals surface area contributed by atoms with Crippen LogP contribution in [0.4, 0.5) is 26.3 Å². The maximum Gasteiger partial charge on any atom is 0.490 e. The Morgan fingerprint density at radius 3 is 1.80 bits per heavy atom. The molecule has 0 saturated carbocycles. The van der Waals surface area contributed by atoms with Gasteiger partial charge in [-0.15, -0.1) is 0 Å². The predicted molar refractivity (Wildman–Crippen MR) is 109 cm³/mol. The van der Waals surface area contributed by atoms with Gasteiger partial charge < -0.3 is 29.5 Å². The molecule has 2 aliphatic rings. The molecule has 2 heterocycles. The molecular weight excluding hydrogens is 496 g/mol. The minimum Gasteiger partial charge on any atom is -0.475 e. The molecule has 2 rings (SSSR count). The van der Waals surface area contributed by atoms with E-state index in [2.05, 4.69) is 23.9 Å². The number of halogens is 6. The third-order valence-electron chi connectivity index (χ3n) is 5.16. The number of alkyl halides is 6. The molecule has 0 bridgehead atoms. The minimum absolute atomic E-state index is 0.101. The average molecular weight is 527 g/mol. The number of carbonyl (C=O) groups excluding carboxylic acids is 1. The third-order valence-corrected chi connectivity index (χ3v) is 5.16. The van der Waals surface area contributed by atoms with Gasteiger partial charge in [0.15, 0.2) is 0 Å². The number of likely N-dealkylation sites (N-methyl/N-ethyl adjacent to an activating group) is 1. The molecule has 0 aliphatic carbocycles. The lowest BCUT2D eigenvalue weighted by Crippen LogP contribution is -2.63. The van der Waals surface area contributed by atoms with Gasteiger partial charge in [-0.1, -0.05) is 0 Å². The van der Waals surface area contributed by atoms with Crippen LogP contribution in [0.15, 0.2) is 0 Å². The highest BCUT2D eigenvalue weighted by atomic mass is 19.4. The van der Waals surface area contributed by atoms with Gasteiger partial charge in [-0.2, -0.15) is 26.3 Å². The van der Waals surface area contributed by atoms with Crippen molar-refractivity contribution in [3.8, 4) is 0 Å². The van der Waals surface area contributed by atoms with Gasteiger partial charge in [-0.25, -0.2) is 9.59 Å². The van der Waals surface area contributed by atoms with Crippen LogP contribution in [-0.4, -0.2) is 134 Å². The van der Waals surface area contributed by atoms with Gasteiger partial charge in [-0.3, -0.25) is 9.69 Å². The van der Waals surface area contributed by atoms with Crippen molar-refractivity contribution in [3.63, 3.8) is 0 Å². The maximum atomic E-state index is 11.9. The molecule has 0 atom stereocenters. The van der Waals surface area contributed by atoms with Crippen molar-refractivity contribution in [2.24, 2.45) is 0 Å². The summed E-state index contributed by atoms with van der Waals surface area (Å²) >= 11 is 0. The Morgan fingerprint density at radius 2 is 1.43 bits per heavy atom. The summed E-state index contributed by atoms with van der Waals surface area (Å²) in [4.78, 5) is 36.4. The first kappa shape index (κ1) is 32.8. The second kappa shape index (κ2) is 14.4. The zero-order valence-corrected chi connectivity index (χ0v) is 19.6. The van der Waals surface area contributed by atoms with E-state index in [0.717, 1.165) is 58.8 Å². The summed E-state index contributed by atoms with van der Waals surface area (Å²) < 4.78 is 74.2. The van der Waals surface area contributed by atoms with Crippen LogP contribution in [0.3, 0.4) is 0 Å². The smallest absolute Gasteiger partial charge is 0.475 e. The van der Waals surface area contributed by atoms with Crippen LogP contribution in [-0.2, 0) is 23.9 Å². The Balaban J connectivity index is 0.000000680. The largest absolute Gasteiger partial charge is 0.490 e. The van der Waals surface area contributed by atoms with Crippen molar-refractivity contribution >= 4 is 17.8 Å². The van der Waals surface area contributed by atoms with Gasteiger partial charge in [-0.05, 0) is 26.9 Å². The first-order valence-corrected chi connectivity index (χ1v) is 10.3. The predicted octanol–water partition coefficient (Wildman–Crippen LogP) is 1.15. The molecule has 16 heteroatoms. The lowest BCUT2D eigenvalue weighted by atomic mass is 9.85. The zero-order valence-electron chi connectivity index (χ0n) is 19.6. The van der Waals surface area contributed by atoms with Crippen molar-refractivity contribution in [3.05, 3.63) is 0 Å². The van der Waals surface area contributed by atoms with Gasteiger partial charge in [0.1, 0.15) is 6.61 Å². The van der Waals surface area contributed by atoms with E-state index in [4.69, 9.17) is 29.3 Å². The number of amides is 1. The highest BCUT2D eigenvalue weighted by molar-refractivity contribution is 5.77. The molecule has 0 radical (unpaired) electrons. The highest BCUT2D eigenvalue weighted by Crippen LogP contribution is 2.31. The molecule has 206 valence electrons. The average Bonchev–Trinajstić information content (AvgIpc) is 2.73. The fourth-order valence-corrected chi connectivity index (χ4v) is 3.28. The van der Waals surface area contributed by atoms with E-state index in [0.29, 0.717) is 0 Å². The SMILES string of the molecule is COCC(=O)N1CCC2(CC1)COCCN2CCN(C)C.O=C(O)C(F)(F)F.O=C(O)C(F)(F)F. The molecule has 35 heavy (non-hydrogen) atoms. The van der Waals surface area contributed by atoms with Gasteiger partial charge in [0.2, 0.25) is 5.91 Å². The van der Waals surface area contributed by atoms with Crippen molar-refractivity contribution < 1.29 is 60.4 Å². The molecule has 1 amide bonds. The van der Waals surface area contributed by atoms with Crippen molar-refractivity contribution in [1.29, 1.82) is 0 Å². The Bertz CT molecular complexity index is 657. The molecular formula is C19H31F6N3O7. The normalized spacial score (nSPS) is 18.3. The number of likely N-dealkylation sites (tertiary alicyclic amines) is 1. The lowest BCUT2D eigenvalue weighted by Gasteiger charge is -2.51. The summed E-state index contributed by atoms with van der Waals surface area (Å²) in [5.74, 6) is -5.41. The summed E-state index contributed by atoms with van der Waals surface area (Å²) in [6.45, 7) is 6.56. The third kappa shape index (κ3) is 12.4. The molecule has 0 aromatic heterocycles. The number of carboxylic acids is 2. The molecule has 2 saturated heterocycles. The number of carbonyl (C=O) groups is 3. The summed E-state index contributed by atoms with van der Waals surface area (Å²) in [6.07, 6.45) is -8.17. The quantitative estimate of drug-likeness (QED) is 0.508. The van der Waals surface area contributed by atoms with Crippen LogP contribution in [0.2, 0.25) is 0 Å². The van der Waals surface area contributed by atoms with Gasteiger partial charge in [0, 0.05) is 45.4 Å². The van der Waals surface area contributed by atoms with E-state index in [9.17, 15) is 31.1 Å². The van der Waals surface area contributed by atoms with Crippen LogP contribution in [0.25, 0.3) is 0 Å². The summed E-state index contributed by atoms with van der Waals surface area (Å²) in [6, 6.07) is 0. The number of piperidine rings is 1. The van der Waals surface area contributed by atoms with Gasteiger partial charge in [0.25, 0.3) is 0 Å². The minimum atomic E-state index is -5.08. The van der Waals surface area contributed by atoms with Crippen LogP contribution in [0.5, 0.6) is 0 Å². The first-order chi connectivity index (χ1) is 16.0. The standard InChI is InChI=1S/C15H29N3O3.2C2HF3O2/c1-16(2)8-9-18-10-11-21-13-15(18)4-6-17(7-5-15)14(19)12-20-3;2*3-2(4,5)1(6)7/h4-13H2,1-3H3;2*(H,6,7). The summed E-state index contributed by atoms with van der Waals surface area (Å²) in [5, 5.41) is 14.2.